The first-order chi connectivity index (χ1) is 22.3. The molecule has 0 aromatic heterocycles. The van der Waals surface area contributed by atoms with E-state index in [1.807, 2.05) is 0 Å². The van der Waals surface area contributed by atoms with Gasteiger partial charge in [0.1, 0.15) is 6.10 Å². The van der Waals surface area contributed by atoms with Crippen LogP contribution >= 0.6 is 0 Å². The summed E-state index contributed by atoms with van der Waals surface area (Å²) in [7, 11) is 0. The smallest absolute Gasteiger partial charge is 0.309 e. The van der Waals surface area contributed by atoms with Gasteiger partial charge in [-0.15, -0.1) is 0 Å². The number of allylic oxidation sites excluding steroid dienone is 2. The minimum absolute atomic E-state index is 0.00735. The molecule has 0 spiro atoms. The van der Waals surface area contributed by atoms with Gasteiger partial charge in [0.25, 0.3) is 0 Å². The van der Waals surface area contributed by atoms with Gasteiger partial charge >= 0.3 is 11.9 Å². The molecule has 6 aliphatic rings. The number of aliphatic carboxylic acids is 1. The van der Waals surface area contributed by atoms with Crippen molar-refractivity contribution in [2.75, 3.05) is 26.3 Å². The molecular formula is C41H65NO6. The molecule has 5 aliphatic carbocycles. The summed E-state index contributed by atoms with van der Waals surface area (Å²) >= 11 is 0. The fourth-order valence-electron chi connectivity index (χ4n) is 12.9. The van der Waals surface area contributed by atoms with E-state index in [1.165, 1.54) is 18.4 Å². The topological polar surface area (TPSA) is 102 Å². The standard InChI is InChI=1S/C41H65NO6/c1-25(2)33-28(43)20-41(18-19-42-22-26-23-47-24-26)17-16-39(8)27(34(33)41)10-11-30-38(7)14-13-31(48-32(44)21-36(3,4)35(45)46)37(5,6)29(38)12-15-40(30,39)9/h25-27,29-31,42H,10-24H2,1-9H3,(H,45,46)/t27-,29?,30?,31+,38+,39-,40-,41-/m1/s1. The summed E-state index contributed by atoms with van der Waals surface area (Å²) in [5.74, 6) is 1.40. The molecule has 7 heteroatoms. The van der Waals surface area contributed by atoms with Crippen molar-refractivity contribution in [1.29, 1.82) is 0 Å². The maximum Gasteiger partial charge on any atom is 0.309 e. The number of carboxylic acid groups (broad SMARTS) is 1. The Hall–Kier alpha value is -1.73. The molecule has 48 heavy (non-hydrogen) atoms. The Kier molecular flexibility index (Phi) is 9.17. The van der Waals surface area contributed by atoms with Gasteiger partial charge in [-0.25, -0.2) is 0 Å². The number of ketones is 1. The van der Waals surface area contributed by atoms with E-state index in [0.717, 1.165) is 71.2 Å². The van der Waals surface area contributed by atoms with Gasteiger partial charge in [-0.05, 0) is 124 Å². The fourth-order valence-corrected chi connectivity index (χ4v) is 12.9. The first-order valence-electron chi connectivity index (χ1n) is 19.3. The predicted octanol–water partition coefficient (Wildman–Crippen LogP) is 8.01. The second kappa shape index (κ2) is 12.2. The number of carbonyl (C=O) groups excluding carboxylic acids is 2. The number of carboxylic acids is 1. The normalized spacial score (nSPS) is 40.8. The van der Waals surface area contributed by atoms with E-state index in [4.69, 9.17) is 9.47 Å². The first kappa shape index (κ1) is 36.1. The molecule has 2 N–H and O–H groups in total. The third-order valence-electron chi connectivity index (χ3n) is 15.9. The molecule has 7 nitrogen and oxygen atoms in total. The van der Waals surface area contributed by atoms with Gasteiger partial charge in [0, 0.05) is 29.7 Å². The van der Waals surface area contributed by atoms with Crippen molar-refractivity contribution in [2.24, 2.45) is 62.1 Å². The summed E-state index contributed by atoms with van der Waals surface area (Å²) < 4.78 is 11.6. The maximum atomic E-state index is 13.9. The van der Waals surface area contributed by atoms with Crippen LogP contribution in [0.5, 0.6) is 0 Å². The van der Waals surface area contributed by atoms with Crippen molar-refractivity contribution in [1.82, 2.24) is 5.32 Å². The van der Waals surface area contributed by atoms with Crippen LogP contribution in [0.4, 0.5) is 0 Å². The van der Waals surface area contributed by atoms with Crippen LogP contribution in [0.1, 0.15) is 133 Å². The molecule has 4 saturated carbocycles. The fraction of sp³-hybridized carbons (Fsp3) is 0.878. The van der Waals surface area contributed by atoms with Crippen LogP contribution in [0.25, 0.3) is 0 Å². The molecule has 6 rings (SSSR count). The minimum atomic E-state index is -1.14. The van der Waals surface area contributed by atoms with Crippen LogP contribution in [0, 0.1) is 62.1 Å². The number of nitrogens with one attached hydrogen (secondary N) is 1. The second-order valence-corrected chi connectivity index (χ2v) is 19.5. The molecule has 5 fully saturated rings. The highest BCUT2D eigenvalue weighted by Gasteiger charge is 2.70. The number of rotatable bonds is 10. The van der Waals surface area contributed by atoms with E-state index in [-0.39, 0.29) is 45.5 Å². The quantitative estimate of drug-likeness (QED) is 0.180. The monoisotopic (exact) mass is 667 g/mol. The molecule has 1 heterocycles. The van der Waals surface area contributed by atoms with E-state index in [9.17, 15) is 19.5 Å². The average molecular weight is 668 g/mol. The number of fused-ring (bicyclic) bond motifs is 7. The van der Waals surface area contributed by atoms with Crippen LogP contribution in [0.2, 0.25) is 0 Å². The summed E-state index contributed by atoms with van der Waals surface area (Å²) in [4.78, 5) is 38.7. The highest BCUT2D eigenvalue weighted by molar-refractivity contribution is 6.00. The summed E-state index contributed by atoms with van der Waals surface area (Å²) in [6, 6.07) is 0. The lowest BCUT2D eigenvalue weighted by Gasteiger charge is -2.72. The summed E-state index contributed by atoms with van der Waals surface area (Å²) in [5.41, 5.74) is 1.86. The Morgan fingerprint density at radius 2 is 1.67 bits per heavy atom. The van der Waals surface area contributed by atoms with Crippen LogP contribution in [-0.2, 0) is 23.9 Å². The third kappa shape index (κ3) is 5.45. The van der Waals surface area contributed by atoms with Crippen molar-refractivity contribution < 1.29 is 29.0 Å². The first-order valence-corrected chi connectivity index (χ1v) is 19.3. The number of ether oxygens (including phenoxy) is 2. The van der Waals surface area contributed by atoms with Gasteiger partial charge in [-0.3, -0.25) is 14.4 Å². The van der Waals surface area contributed by atoms with Gasteiger partial charge in [0.15, 0.2) is 5.78 Å². The maximum absolute atomic E-state index is 13.9. The van der Waals surface area contributed by atoms with Crippen molar-refractivity contribution >= 4 is 17.7 Å². The van der Waals surface area contributed by atoms with Gasteiger partial charge < -0.3 is 19.9 Å². The van der Waals surface area contributed by atoms with Crippen molar-refractivity contribution in [3.05, 3.63) is 11.1 Å². The van der Waals surface area contributed by atoms with Crippen LogP contribution in [0.3, 0.4) is 0 Å². The van der Waals surface area contributed by atoms with Crippen molar-refractivity contribution in [2.45, 2.75) is 139 Å². The Bertz CT molecular complexity index is 1340. The Labute approximate surface area is 290 Å². The molecule has 0 bridgehead atoms. The third-order valence-corrected chi connectivity index (χ3v) is 15.9. The predicted molar refractivity (Wildman–Crippen MR) is 187 cm³/mol. The van der Waals surface area contributed by atoms with Crippen LogP contribution in [-0.4, -0.2) is 55.2 Å². The van der Waals surface area contributed by atoms with E-state index < -0.39 is 17.4 Å². The van der Waals surface area contributed by atoms with E-state index in [0.29, 0.717) is 35.9 Å². The number of esters is 1. The molecule has 270 valence electrons. The van der Waals surface area contributed by atoms with Crippen molar-refractivity contribution in [3.63, 3.8) is 0 Å². The average Bonchev–Trinajstić information content (AvgIpc) is 3.25. The summed E-state index contributed by atoms with van der Waals surface area (Å²) in [6.45, 7) is 23.8. The minimum Gasteiger partial charge on any atom is -0.481 e. The Morgan fingerprint density at radius 1 is 0.958 bits per heavy atom. The second-order valence-electron chi connectivity index (χ2n) is 19.5. The highest BCUT2D eigenvalue weighted by Crippen LogP contribution is 2.77. The van der Waals surface area contributed by atoms with E-state index >= 15 is 0 Å². The van der Waals surface area contributed by atoms with E-state index in [2.05, 4.69) is 53.8 Å². The SMILES string of the molecule is CC(C)C1=C2[C@H]3CCC4[C@@]5(C)CC[C@H](OC(=O)CC(C)(C)C(=O)O)C(C)(C)C5CC[C@@]4(C)[C@]3(C)CC[C@@]2(CCNCC2COC2)CC1=O. The lowest BCUT2D eigenvalue weighted by Crippen LogP contribution is -2.65. The lowest BCUT2D eigenvalue weighted by atomic mass is 9.33. The number of carbonyl (C=O) groups is 3. The van der Waals surface area contributed by atoms with Crippen LogP contribution in [0.15, 0.2) is 11.1 Å². The van der Waals surface area contributed by atoms with Gasteiger partial charge in [-0.1, -0.05) is 54.0 Å². The Morgan fingerprint density at radius 3 is 2.29 bits per heavy atom. The molecule has 0 aromatic rings. The lowest BCUT2D eigenvalue weighted by molar-refractivity contribution is -0.233. The molecule has 2 unspecified atom stereocenters. The highest BCUT2D eigenvalue weighted by atomic mass is 16.5. The van der Waals surface area contributed by atoms with Gasteiger partial charge in [0.05, 0.1) is 25.0 Å². The van der Waals surface area contributed by atoms with Crippen molar-refractivity contribution in [3.8, 4) is 0 Å². The Balaban J connectivity index is 1.25. The molecule has 0 aromatic carbocycles. The molecule has 0 radical (unpaired) electrons. The largest absolute Gasteiger partial charge is 0.481 e. The zero-order valence-corrected chi connectivity index (χ0v) is 31.6. The van der Waals surface area contributed by atoms with E-state index in [1.54, 1.807) is 19.4 Å². The van der Waals surface area contributed by atoms with Gasteiger partial charge in [0.2, 0.25) is 0 Å². The summed E-state index contributed by atoms with van der Waals surface area (Å²) in [5, 5.41) is 13.3. The van der Waals surface area contributed by atoms with Crippen LogP contribution < -0.4 is 5.32 Å². The summed E-state index contributed by atoms with van der Waals surface area (Å²) in [6.07, 6.45) is 10.2. The zero-order valence-electron chi connectivity index (χ0n) is 31.6. The molecule has 1 aliphatic heterocycles. The zero-order chi connectivity index (χ0) is 35.1. The molecule has 1 saturated heterocycles. The number of hydrogen-bond acceptors (Lipinski definition) is 6. The molecular weight excluding hydrogens is 602 g/mol. The number of hydrogen-bond donors (Lipinski definition) is 2. The number of Topliss-reactive ketones (excluding diaryl/α,β-unsaturated/α-hetero) is 1. The molecule has 0 amide bonds. The van der Waals surface area contributed by atoms with Gasteiger partial charge in [-0.2, -0.15) is 0 Å². The molecule has 8 atom stereocenters.